The van der Waals surface area contributed by atoms with E-state index in [4.69, 9.17) is 5.73 Å². The molecule has 1 aromatic rings. The number of nitrogens with two attached hydrogens (primary N) is 1. The molecule has 0 radical (unpaired) electrons. The topological polar surface area (TPSA) is 32.5 Å². The highest BCUT2D eigenvalue weighted by molar-refractivity contribution is 5.85. The highest BCUT2D eigenvalue weighted by Crippen LogP contribution is 2.23. The molecule has 4 heteroatoms. The second-order valence-electron chi connectivity index (χ2n) is 5.36. The molecule has 1 aromatic carbocycles. The van der Waals surface area contributed by atoms with Crippen molar-refractivity contribution in [3.05, 3.63) is 29.8 Å². The molecular formula is C14H24ClN3. The maximum atomic E-state index is 6.07. The quantitative estimate of drug-likeness (QED) is 0.911. The lowest BCUT2D eigenvalue weighted by atomic mass is 10.1. The average molecular weight is 270 g/mol. The van der Waals surface area contributed by atoms with E-state index >= 15 is 0 Å². The van der Waals surface area contributed by atoms with Gasteiger partial charge in [0.25, 0.3) is 0 Å². The standard InChI is InChI=1S/C14H23N3.ClH/c1-11-8-17(10-13(11)15)9-12-6-4-5-7-14(12)16(2)3;/h4-7,11,13H,8-10,15H2,1-3H3;1H. The minimum atomic E-state index is 0. The fourth-order valence-electron chi connectivity index (χ4n) is 2.55. The van der Waals surface area contributed by atoms with Crippen molar-refractivity contribution in [1.29, 1.82) is 0 Å². The summed E-state index contributed by atoms with van der Waals surface area (Å²) in [4.78, 5) is 4.63. The Morgan fingerprint density at radius 1 is 1.28 bits per heavy atom. The molecule has 2 atom stereocenters. The van der Waals surface area contributed by atoms with Crippen LogP contribution >= 0.6 is 12.4 Å². The van der Waals surface area contributed by atoms with Crippen molar-refractivity contribution in [3.63, 3.8) is 0 Å². The van der Waals surface area contributed by atoms with Crippen LogP contribution in [0.3, 0.4) is 0 Å². The molecule has 2 rings (SSSR count). The SMILES string of the molecule is CC1CN(Cc2ccccc2N(C)C)CC1N.Cl. The molecular weight excluding hydrogens is 246 g/mol. The summed E-state index contributed by atoms with van der Waals surface area (Å²) in [6.07, 6.45) is 0. The van der Waals surface area contributed by atoms with E-state index in [-0.39, 0.29) is 12.4 Å². The number of likely N-dealkylation sites (tertiary alicyclic amines) is 1. The molecule has 0 aromatic heterocycles. The number of benzene rings is 1. The molecule has 0 bridgehead atoms. The first-order valence-corrected chi connectivity index (χ1v) is 6.31. The van der Waals surface area contributed by atoms with E-state index in [1.165, 1.54) is 11.3 Å². The van der Waals surface area contributed by atoms with Gasteiger partial charge in [-0.2, -0.15) is 0 Å². The summed E-state index contributed by atoms with van der Waals surface area (Å²) in [7, 11) is 4.19. The molecule has 0 amide bonds. The van der Waals surface area contributed by atoms with Crippen molar-refractivity contribution in [2.75, 3.05) is 32.1 Å². The van der Waals surface area contributed by atoms with Gasteiger partial charge < -0.3 is 10.6 Å². The smallest absolute Gasteiger partial charge is 0.0406 e. The van der Waals surface area contributed by atoms with E-state index in [0.29, 0.717) is 12.0 Å². The van der Waals surface area contributed by atoms with Gasteiger partial charge in [0, 0.05) is 45.5 Å². The van der Waals surface area contributed by atoms with Crippen LogP contribution in [0.25, 0.3) is 0 Å². The van der Waals surface area contributed by atoms with Crippen molar-refractivity contribution in [3.8, 4) is 0 Å². The molecule has 1 aliphatic rings. The summed E-state index contributed by atoms with van der Waals surface area (Å²) in [5.41, 5.74) is 8.76. The lowest BCUT2D eigenvalue weighted by molar-refractivity contribution is 0.319. The maximum Gasteiger partial charge on any atom is 0.0406 e. The van der Waals surface area contributed by atoms with Crippen LogP contribution in [0.15, 0.2) is 24.3 Å². The fraction of sp³-hybridized carbons (Fsp3) is 0.571. The first kappa shape index (κ1) is 15.3. The summed E-state index contributed by atoms with van der Waals surface area (Å²) in [5.74, 6) is 0.613. The van der Waals surface area contributed by atoms with Crippen molar-refractivity contribution >= 4 is 18.1 Å². The monoisotopic (exact) mass is 269 g/mol. The lowest BCUT2D eigenvalue weighted by Gasteiger charge is -2.21. The number of anilines is 1. The third kappa shape index (κ3) is 3.37. The summed E-state index contributed by atoms with van der Waals surface area (Å²) >= 11 is 0. The van der Waals surface area contributed by atoms with Gasteiger partial charge in [0.15, 0.2) is 0 Å². The minimum Gasteiger partial charge on any atom is -0.377 e. The molecule has 1 aliphatic heterocycles. The summed E-state index contributed by atoms with van der Waals surface area (Å²) in [6, 6.07) is 8.93. The Bertz CT molecular complexity index is 371. The molecule has 1 saturated heterocycles. The van der Waals surface area contributed by atoms with Gasteiger partial charge in [0.1, 0.15) is 0 Å². The van der Waals surface area contributed by atoms with E-state index < -0.39 is 0 Å². The molecule has 1 heterocycles. The highest BCUT2D eigenvalue weighted by Gasteiger charge is 2.26. The van der Waals surface area contributed by atoms with Crippen LogP contribution in [-0.4, -0.2) is 38.1 Å². The Labute approximate surface area is 116 Å². The molecule has 2 unspecified atom stereocenters. The van der Waals surface area contributed by atoms with Gasteiger partial charge in [0.05, 0.1) is 0 Å². The zero-order chi connectivity index (χ0) is 12.4. The Hall–Kier alpha value is -0.770. The van der Waals surface area contributed by atoms with Crippen LogP contribution in [-0.2, 0) is 6.54 Å². The number of halogens is 1. The number of hydrogen-bond acceptors (Lipinski definition) is 3. The summed E-state index contributed by atoms with van der Waals surface area (Å²) in [5, 5.41) is 0. The highest BCUT2D eigenvalue weighted by atomic mass is 35.5. The van der Waals surface area contributed by atoms with Crippen molar-refractivity contribution in [2.24, 2.45) is 11.7 Å². The summed E-state index contributed by atoms with van der Waals surface area (Å²) in [6.45, 7) is 5.38. The third-order valence-corrected chi connectivity index (χ3v) is 3.61. The van der Waals surface area contributed by atoms with Crippen molar-refractivity contribution < 1.29 is 0 Å². The number of hydrogen-bond donors (Lipinski definition) is 1. The average Bonchev–Trinajstić information content (AvgIpc) is 2.58. The minimum absolute atomic E-state index is 0. The van der Waals surface area contributed by atoms with Gasteiger partial charge in [-0.15, -0.1) is 12.4 Å². The van der Waals surface area contributed by atoms with Crippen molar-refractivity contribution in [1.82, 2.24) is 4.90 Å². The van der Waals surface area contributed by atoms with Gasteiger partial charge in [0.2, 0.25) is 0 Å². The van der Waals surface area contributed by atoms with Crippen LogP contribution in [0.2, 0.25) is 0 Å². The molecule has 1 fully saturated rings. The Balaban J connectivity index is 0.00000162. The normalized spacial score (nSPS) is 23.8. The van der Waals surface area contributed by atoms with Crippen LogP contribution in [0.5, 0.6) is 0 Å². The van der Waals surface area contributed by atoms with E-state index in [9.17, 15) is 0 Å². The lowest BCUT2D eigenvalue weighted by Crippen LogP contribution is -2.28. The van der Waals surface area contributed by atoms with Crippen LogP contribution in [0.1, 0.15) is 12.5 Å². The Kier molecular flexibility index (Phi) is 5.45. The van der Waals surface area contributed by atoms with E-state index in [0.717, 1.165) is 19.6 Å². The second-order valence-corrected chi connectivity index (χ2v) is 5.36. The molecule has 18 heavy (non-hydrogen) atoms. The van der Waals surface area contributed by atoms with Gasteiger partial charge >= 0.3 is 0 Å². The predicted octanol–water partition coefficient (Wildman–Crippen LogP) is 1.95. The summed E-state index contributed by atoms with van der Waals surface area (Å²) < 4.78 is 0. The van der Waals surface area contributed by atoms with E-state index in [1.807, 2.05) is 0 Å². The Morgan fingerprint density at radius 2 is 1.94 bits per heavy atom. The first-order chi connectivity index (χ1) is 8.08. The van der Waals surface area contributed by atoms with Crippen LogP contribution in [0.4, 0.5) is 5.69 Å². The molecule has 0 saturated carbocycles. The zero-order valence-electron chi connectivity index (χ0n) is 11.5. The van der Waals surface area contributed by atoms with Gasteiger partial charge in [-0.25, -0.2) is 0 Å². The number of rotatable bonds is 3. The molecule has 0 spiro atoms. The number of nitrogens with zero attached hydrogens (tertiary/aromatic N) is 2. The molecule has 102 valence electrons. The largest absolute Gasteiger partial charge is 0.377 e. The predicted molar refractivity (Wildman–Crippen MR) is 80.4 cm³/mol. The van der Waals surface area contributed by atoms with Gasteiger partial charge in [-0.05, 0) is 17.5 Å². The van der Waals surface area contributed by atoms with Gasteiger partial charge in [-0.1, -0.05) is 25.1 Å². The number of para-hydroxylation sites is 1. The van der Waals surface area contributed by atoms with Gasteiger partial charge in [-0.3, -0.25) is 4.90 Å². The van der Waals surface area contributed by atoms with Crippen molar-refractivity contribution in [2.45, 2.75) is 19.5 Å². The van der Waals surface area contributed by atoms with Crippen LogP contribution < -0.4 is 10.6 Å². The molecule has 3 nitrogen and oxygen atoms in total. The zero-order valence-corrected chi connectivity index (χ0v) is 12.3. The van der Waals surface area contributed by atoms with E-state index in [1.54, 1.807) is 0 Å². The third-order valence-electron chi connectivity index (χ3n) is 3.61. The molecule has 0 aliphatic carbocycles. The fourth-order valence-corrected chi connectivity index (χ4v) is 2.55. The maximum absolute atomic E-state index is 6.07. The second kappa shape index (κ2) is 6.41. The van der Waals surface area contributed by atoms with Crippen LogP contribution in [0, 0.1) is 5.92 Å². The van der Waals surface area contributed by atoms with E-state index in [2.05, 4.69) is 55.1 Å². The molecule has 2 N–H and O–H groups in total. The first-order valence-electron chi connectivity index (χ1n) is 6.31. The Morgan fingerprint density at radius 3 is 2.50 bits per heavy atom.